The third-order valence-electron chi connectivity index (χ3n) is 5.52. The monoisotopic (exact) mass is 252 g/mol. The third kappa shape index (κ3) is 2.36. The van der Waals surface area contributed by atoms with E-state index in [1.807, 2.05) is 6.92 Å². The molecule has 0 spiro atoms. The SMILES string of the molecule is CCC(CC)CC[C@@]1(C)O[C@@]2(C)CC[C@@H]1CC2=O. The largest absolute Gasteiger partial charge is 0.361 e. The summed E-state index contributed by atoms with van der Waals surface area (Å²) >= 11 is 0. The van der Waals surface area contributed by atoms with Gasteiger partial charge in [-0.05, 0) is 51.4 Å². The molecule has 3 atom stereocenters. The number of ether oxygens (including phenoxy) is 1. The van der Waals surface area contributed by atoms with Crippen LogP contribution >= 0.6 is 0 Å². The average molecular weight is 252 g/mol. The van der Waals surface area contributed by atoms with Gasteiger partial charge in [-0.15, -0.1) is 0 Å². The molecule has 2 bridgehead atoms. The average Bonchev–Trinajstić information content (AvgIpc) is 2.33. The van der Waals surface area contributed by atoms with E-state index in [1.54, 1.807) is 0 Å². The molecule has 2 saturated heterocycles. The van der Waals surface area contributed by atoms with Crippen molar-refractivity contribution < 1.29 is 9.53 Å². The highest BCUT2D eigenvalue weighted by Crippen LogP contribution is 2.50. The Balaban J connectivity index is 2.02. The van der Waals surface area contributed by atoms with Gasteiger partial charge < -0.3 is 4.74 Å². The second kappa shape index (κ2) is 4.96. The highest BCUT2D eigenvalue weighted by atomic mass is 16.5. The van der Waals surface area contributed by atoms with Crippen molar-refractivity contribution in [1.82, 2.24) is 0 Å². The number of fused-ring (bicyclic) bond motifs is 3. The highest BCUT2D eigenvalue weighted by molar-refractivity contribution is 5.88. The molecule has 3 rings (SSSR count). The molecule has 0 N–H and O–H groups in total. The predicted octanol–water partition coefficient (Wildman–Crippen LogP) is 4.12. The normalized spacial score (nSPS) is 39.6. The Morgan fingerprint density at radius 1 is 1.33 bits per heavy atom. The van der Waals surface area contributed by atoms with Gasteiger partial charge in [-0.1, -0.05) is 26.7 Å². The molecule has 0 aromatic carbocycles. The maximum absolute atomic E-state index is 12.0. The van der Waals surface area contributed by atoms with E-state index < -0.39 is 5.60 Å². The molecular formula is C16H28O2. The zero-order valence-electron chi connectivity index (χ0n) is 12.4. The Labute approximate surface area is 111 Å². The highest BCUT2D eigenvalue weighted by Gasteiger charge is 2.55. The molecule has 2 aliphatic heterocycles. The van der Waals surface area contributed by atoms with Crippen LogP contribution in [0.5, 0.6) is 0 Å². The fourth-order valence-electron chi connectivity index (χ4n) is 3.80. The van der Waals surface area contributed by atoms with E-state index in [-0.39, 0.29) is 5.60 Å². The lowest BCUT2D eigenvalue weighted by atomic mass is 9.66. The lowest BCUT2D eigenvalue weighted by molar-refractivity contribution is -0.229. The zero-order valence-corrected chi connectivity index (χ0v) is 12.4. The van der Waals surface area contributed by atoms with Crippen molar-refractivity contribution in [3.05, 3.63) is 0 Å². The second-order valence-corrected chi connectivity index (χ2v) is 6.73. The van der Waals surface area contributed by atoms with Crippen molar-refractivity contribution in [3.63, 3.8) is 0 Å². The van der Waals surface area contributed by atoms with Gasteiger partial charge in [-0.2, -0.15) is 0 Å². The number of carbonyl (C=O) groups is 1. The minimum absolute atomic E-state index is 0.0521. The van der Waals surface area contributed by atoms with Gasteiger partial charge in [0.1, 0.15) is 5.60 Å². The third-order valence-corrected chi connectivity index (χ3v) is 5.52. The fraction of sp³-hybridized carbons (Fsp3) is 0.938. The molecule has 3 aliphatic rings. The first-order valence-corrected chi connectivity index (χ1v) is 7.67. The van der Waals surface area contributed by atoms with Gasteiger partial charge in [0.15, 0.2) is 5.78 Å². The Morgan fingerprint density at radius 3 is 2.50 bits per heavy atom. The van der Waals surface area contributed by atoms with Crippen LogP contribution in [0.3, 0.4) is 0 Å². The molecular weight excluding hydrogens is 224 g/mol. The van der Waals surface area contributed by atoms with Gasteiger partial charge in [0.25, 0.3) is 0 Å². The summed E-state index contributed by atoms with van der Waals surface area (Å²) in [6.45, 7) is 8.79. The molecule has 2 nitrogen and oxygen atoms in total. The van der Waals surface area contributed by atoms with E-state index in [9.17, 15) is 4.79 Å². The van der Waals surface area contributed by atoms with Gasteiger partial charge in [0.05, 0.1) is 5.60 Å². The van der Waals surface area contributed by atoms with Crippen molar-refractivity contribution in [2.45, 2.75) is 83.8 Å². The van der Waals surface area contributed by atoms with Crippen molar-refractivity contribution in [2.24, 2.45) is 11.8 Å². The van der Waals surface area contributed by atoms with Crippen LogP contribution in [0.2, 0.25) is 0 Å². The molecule has 0 unspecified atom stereocenters. The number of rotatable bonds is 5. The summed E-state index contributed by atoms with van der Waals surface area (Å²) in [6, 6.07) is 0. The lowest BCUT2D eigenvalue weighted by Crippen LogP contribution is -2.60. The van der Waals surface area contributed by atoms with Crippen LogP contribution in [0.25, 0.3) is 0 Å². The van der Waals surface area contributed by atoms with Crippen LogP contribution in [0, 0.1) is 11.8 Å². The Bertz CT molecular complexity index is 321. The van der Waals surface area contributed by atoms with Crippen molar-refractivity contribution in [1.29, 1.82) is 0 Å². The summed E-state index contributed by atoms with van der Waals surface area (Å²) in [5.74, 6) is 1.61. The van der Waals surface area contributed by atoms with E-state index >= 15 is 0 Å². The van der Waals surface area contributed by atoms with Crippen molar-refractivity contribution in [2.75, 3.05) is 0 Å². The second-order valence-electron chi connectivity index (χ2n) is 6.73. The number of Topliss-reactive ketones (excluding diaryl/α,β-unsaturated/α-hetero) is 1. The molecule has 0 amide bonds. The van der Waals surface area contributed by atoms with Crippen LogP contribution in [-0.2, 0) is 9.53 Å². The van der Waals surface area contributed by atoms with Crippen LogP contribution in [-0.4, -0.2) is 17.0 Å². The minimum atomic E-state index is -0.475. The maximum atomic E-state index is 12.0. The summed E-state index contributed by atoms with van der Waals surface area (Å²) in [4.78, 5) is 12.0. The predicted molar refractivity (Wildman–Crippen MR) is 73.5 cm³/mol. The fourth-order valence-corrected chi connectivity index (χ4v) is 3.80. The number of hydrogen-bond donors (Lipinski definition) is 0. The quantitative estimate of drug-likeness (QED) is 0.735. The first-order valence-electron chi connectivity index (χ1n) is 7.67. The van der Waals surface area contributed by atoms with E-state index in [0.29, 0.717) is 11.7 Å². The van der Waals surface area contributed by atoms with Crippen molar-refractivity contribution in [3.8, 4) is 0 Å². The molecule has 18 heavy (non-hydrogen) atoms. The topological polar surface area (TPSA) is 26.3 Å². The van der Waals surface area contributed by atoms with Crippen LogP contribution in [0.1, 0.15) is 72.6 Å². The summed E-state index contributed by atoms with van der Waals surface area (Å²) in [5, 5.41) is 0. The first-order chi connectivity index (χ1) is 8.43. The van der Waals surface area contributed by atoms with Gasteiger partial charge in [0, 0.05) is 6.42 Å². The molecule has 3 fully saturated rings. The van der Waals surface area contributed by atoms with Gasteiger partial charge in [-0.3, -0.25) is 4.79 Å². The Hall–Kier alpha value is -0.370. The molecule has 0 aromatic rings. The maximum Gasteiger partial charge on any atom is 0.164 e. The molecule has 2 heterocycles. The number of carbonyl (C=O) groups excluding carboxylic acids is 1. The molecule has 0 aromatic heterocycles. The van der Waals surface area contributed by atoms with E-state index in [0.717, 1.165) is 25.2 Å². The van der Waals surface area contributed by atoms with E-state index in [4.69, 9.17) is 4.74 Å². The van der Waals surface area contributed by atoms with Gasteiger partial charge >= 0.3 is 0 Å². The summed E-state index contributed by atoms with van der Waals surface area (Å²) in [7, 11) is 0. The van der Waals surface area contributed by atoms with Crippen LogP contribution in [0.4, 0.5) is 0 Å². The van der Waals surface area contributed by atoms with Gasteiger partial charge in [-0.25, -0.2) is 0 Å². The van der Waals surface area contributed by atoms with E-state index in [1.165, 1.54) is 25.7 Å². The Morgan fingerprint density at radius 2 is 2.00 bits per heavy atom. The zero-order chi connectivity index (χ0) is 13.4. The molecule has 104 valence electrons. The van der Waals surface area contributed by atoms with Crippen molar-refractivity contribution >= 4 is 5.78 Å². The molecule has 1 saturated carbocycles. The first kappa shape index (κ1) is 14.0. The number of hydrogen-bond acceptors (Lipinski definition) is 2. The number of ketones is 1. The summed E-state index contributed by atoms with van der Waals surface area (Å²) in [5.41, 5.74) is -0.527. The summed E-state index contributed by atoms with van der Waals surface area (Å²) in [6.07, 6.45) is 7.71. The minimum Gasteiger partial charge on any atom is -0.361 e. The lowest BCUT2D eigenvalue weighted by Gasteiger charge is -2.54. The standard InChI is InChI=1S/C16H28O2/c1-5-12(6-2)7-9-15(3)13-8-10-16(4,18-15)14(17)11-13/h12-13H,5-11H2,1-4H3/t13-,15-,16+/m1/s1. The molecule has 2 heteroatoms. The molecule has 1 aliphatic carbocycles. The van der Waals surface area contributed by atoms with E-state index in [2.05, 4.69) is 20.8 Å². The van der Waals surface area contributed by atoms with Gasteiger partial charge in [0.2, 0.25) is 0 Å². The van der Waals surface area contributed by atoms with Crippen LogP contribution in [0.15, 0.2) is 0 Å². The summed E-state index contributed by atoms with van der Waals surface area (Å²) < 4.78 is 6.26. The van der Waals surface area contributed by atoms with Crippen LogP contribution < -0.4 is 0 Å². The Kier molecular flexibility index (Phi) is 3.87. The molecule has 0 radical (unpaired) electrons. The smallest absolute Gasteiger partial charge is 0.164 e.